The van der Waals surface area contributed by atoms with Crippen LogP contribution in [0.5, 0.6) is 0 Å². The Balaban J connectivity index is 2.69. The van der Waals surface area contributed by atoms with Crippen LogP contribution in [0.1, 0.15) is 25.3 Å². The fraction of sp³-hybridized carbons (Fsp3) is 0.214. The smallest absolute Gasteiger partial charge is 0.134 e. The normalized spacial score (nSPS) is 10.9. The second kappa shape index (κ2) is 4.62. The summed E-state index contributed by atoms with van der Waals surface area (Å²) in [7, 11) is 0. The van der Waals surface area contributed by atoms with Gasteiger partial charge in [-0.15, -0.1) is 0 Å². The third kappa shape index (κ3) is 2.18. The largest absolute Gasteiger partial charge is 0.264 e. The second-order valence-corrected chi connectivity index (χ2v) is 4.21. The highest BCUT2D eigenvalue weighted by Crippen LogP contribution is 2.31. The fourth-order valence-corrected chi connectivity index (χ4v) is 1.87. The van der Waals surface area contributed by atoms with Gasteiger partial charge in [0.1, 0.15) is 11.6 Å². The Hall–Kier alpha value is -1.77. The molecular weight excluding hydrogens is 220 g/mol. The number of benzene rings is 1. The Kier molecular flexibility index (Phi) is 3.18. The van der Waals surface area contributed by atoms with Crippen LogP contribution in [0.4, 0.5) is 8.78 Å². The van der Waals surface area contributed by atoms with Gasteiger partial charge in [0.25, 0.3) is 0 Å². The van der Waals surface area contributed by atoms with Gasteiger partial charge in [0, 0.05) is 18.0 Å². The van der Waals surface area contributed by atoms with Gasteiger partial charge in [0.2, 0.25) is 0 Å². The molecule has 0 radical (unpaired) electrons. The first-order chi connectivity index (χ1) is 8.11. The summed E-state index contributed by atoms with van der Waals surface area (Å²) >= 11 is 0. The minimum Gasteiger partial charge on any atom is -0.264 e. The molecule has 1 nitrogen and oxygen atoms in total. The lowest BCUT2D eigenvalue weighted by Crippen LogP contribution is -1.97. The van der Waals surface area contributed by atoms with Crippen LogP contribution in [0.3, 0.4) is 0 Å². The van der Waals surface area contributed by atoms with Crippen molar-refractivity contribution in [2.24, 2.45) is 0 Å². The summed E-state index contributed by atoms with van der Waals surface area (Å²) in [6.45, 7) is 3.97. The number of pyridine rings is 1. The molecule has 88 valence electrons. The summed E-state index contributed by atoms with van der Waals surface area (Å²) in [6, 6.07) is 5.68. The maximum Gasteiger partial charge on any atom is 0.134 e. The lowest BCUT2D eigenvalue weighted by atomic mass is 9.94. The summed E-state index contributed by atoms with van der Waals surface area (Å²) in [5.41, 5.74) is 1.42. The fourth-order valence-electron chi connectivity index (χ4n) is 1.87. The Morgan fingerprint density at radius 3 is 2.29 bits per heavy atom. The Morgan fingerprint density at radius 1 is 1.06 bits per heavy atom. The maximum atomic E-state index is 13.7. The molecule has 0 saturated heterocycles. The van der Waals surface area contributed by atoms with Gasteiger partial charge in [-0.2, -0.15) is 0 Å². The van der Waals surface area contributed by atoms with Crippen molar-refractivity contribution < 1.29 is 8.78 Å². The van der Waals surface area contributed by atoms with E-state index in [2.05, 4.69) is 4.98 Å². The van der Waals surface area contributed by atoms with Crippen molar-refractivity contribution in [3.8, 4) is 11.1 Å². The molecule has 0 amide bonds. The van der Waals surface area contributed by atoms with E-state index >= 15 is 0 Å². The second-order valence-electron chi connectivity index (χ2n) is 4.21. The summed E-state index contributed by atoms with van der Waals surface area (Å²) in [4.78, 5) is 3.95. The van der Waals surface area contributed by atoms with Crippen LogP contribution in [0.2, 0.25) is 0 Å². The van der Waals surface area contributed by atoms with E-state index in [9.17, 15) is 8.78 Å². The predicted molar refractivity (Wildman–Crippen MR) is 63.7 cm³/mol. The van der Waals surface area contributed by atoms with Crippen LogP contribution in [0.15, 0.2) is 36.7 Å². The topological polar surface area (TPSA) is 12.9 Å². The van der Waals surface area contributed by atoms with E-state index in [0.717, 1.165) is 5.56 Å². The third-order valence-corrected chi connectivity index (χ3v) is 2.71. The summed E-state index contributed by atoms with van der Waals surface area (Å²) in [5.74, 6) is -0.924. The molecule has 0 unspecified atom stereocenters. The van der Waals surface area contributed by atoms with Gasteiger partial charge in [-0.05, 0) is 29.7 Å². The molecule has 0 N–H and O–H groups in total. The number of halogens is 2. The van der Waals surface area contributed by atoms with Crippen molar-refractivity contribution in [1.29, 1.82) is 0 Å². The minimum atomic E-state index is -0.556. The van der Waals surface area contributed by atoms with E-state index in [1.807, 2.05) is 13.8 Å². The number of aromatic nitrogens is 1. The molecule has 0 aliphatic heterocycles. The first-order valence-corrected chi connectivity index (χ1v) is 5.49. The van der Waals surface area contributed by atoms with Crippen molar-refractivity contribution in [3.05, 3.63) is 53.9 Å². The zero-order valence-electron chi connectivity index (χ0n) is 9.74. The average molecular weight is 233 g/mol. The van der Waals surface area contributed by atoms with Crippen LogP contribution in [0.25, 0.3) is 11.1 Å². The molecule has 17 heavy (non-hydrogen) atoms. The number of nitrogens with zero attached hydrogens (tertiary/aromatic N) is 1. The molecule has 2 rings (SSSR count). The standard InChI is InChI=1S/C14H13F2N/c1-9(2)10-6-7-17-8-11(10)14-12(15)4-3-5-13(14)16/h3-9H,1-2H3. The van der Waals surface area contributed by atoms with Crippen molar-refractivity contribution in [3.63, 3.8) is 0 Å². The zero-order valence-corrected chi connectivity index (χ0v) is 9.74. The third-order valence-electron chi connectivity index (χ3n) is 2.71. The van der Waals surface area contributed by atoms with E-state index in [1.165, 1.54) is 24.4 Å². The van der Waals surface area contributed by atoms with E-state index in [0.29, 0.717) is 5.56 Å². The van der Waals surface area contributed by atoms with E-state index in [4.69, 9.17) is 0 Å². The lowest BCUT2D eigenvalue weighted by Gasteiger charge is -2.13. The zero-order chi connectivity index (χ0) is 12.4. The monoisotopic (exact) mass is 233 g/mol. The molecule has 0 atom stereocenters. The van der Waals surface area contributed by atoms with Crippen LogP contribution in [-0.2, 0) is 0 Å². The van der Waals surface area contributed by atoms with Gasteiger partial charge >= 0.3 is 0 Å². The molecule has 1 aromatic carbocycles. The average Bonchev–Trinajstić information content (AvgIpc) is 2.29. The Bertz CT molecular complexity index is 515. The number of rotatable bonds is 2. The molecule has 3 heteroatoms. The van der Waals surface area contributed by atoms with Gasteiger partial charge in [-0.25, -0.2) is 8.78 Å². The maximum absolute atomic E-state index is 13.7. The van der Waals surface area contributed by atoms with Crippen LogP contribution in [-0.4, -0.2) is 4.98 Å². The highest BCUT2D eigenvalue weighted by molar-refractivity contribution is 5.68. The van der Waals surface area contributed by atoms with Gasteiger partial charge < -0.3 is 0 Å². The Labute approximate surface area is 99.1 Å². The predicted octanol–water partition coefficient (Wildman–Crippen LogP) is 4.15. The van der Waals surface area contributed by atoms with Crippen molar-refractivity contribution in [2.45, 2.75) is 19.8 Å². The number of hydrogen-bond donors (Lipinski definition) is 0. The molecular formula is C14H13F2N. The van der Waals surface area contributed by atoms with E-state index in [1.54, 1.807) is 12.3 Å². The van der Waals surface area contributed by atoms with Gasteiger partial charge in [0.05, 0.1) is 5.56 Å². The van der Waals surface area contributed by atoms with Gasteiger partial charge in [-0.3, -0.25) is 4.98 Å². The molecule has 0 fully saturated rings. The molecule has 1 aromatic heterocycles. The highest BCUT2D eigenvalue weighted by atomic mass is 19.1. The molecule has 2 aromatic rings. The van der Waals surface area contributed by atoms with Crippen molar-refractivity contribution >= 4 is 0 Å². The molecule has 0 aliphatic carbocycles. The van der Waals surface area contributed by atoms with Gasteiger partial charge in [-0.1, -0.05) is 19.9 Å². The first-order valence-electron chi connectivity index (χ1n) is 5.49. The van der Waals surface area contributed by atoms with Gasteiger partial charge in [0.15, 0.2) is 0 Å². The molecule has 0 spiro atoms. The quantitative estimate of drug-likeness (QED) is 0.759. The molecule has 0 saturated carbocycles. The van der Waals surface area contributed by atoms with Crippen LogP contribution >= 0.6 is 0 Å². The highest BCUT2D eigenvalue weighted by Gasteiger charge is 2.15. The summed E-state index contributed by atoms with van der Waals surface area (Å²) in [5, 5.41) is 0. The molecule has 1 heterocycles. The summed E-state index contributed by atoms with van der Waals surface area (Å²) in [6.07, 6.45) is 3.15. The summed E-state index contributed by atoms with van der Waals surface area (Å²) < 4.78 is 27.4. The Morgan fingerprint density at radius 2 is 1.71 bits per heavy atom. The SMILES string of the molecule is CC(C)c1ccncc1-c1c(F)cccc1F. The molecule has 0 bridgehead atoms. The van der Waals surface area contributed by atoms with E-state index < -0.39 is 11.6 Å². The molecule has 0 aliphatic rings. The van der Waals surface area contributed by atoms with E-state index in [-0.39, 0.29) is 11.5 Å². The van der Waals surface area contributed by atoms with Crippen molar-refractivity contribution in [1.82, 2.24) is 4.98 Å². The minimum absolute atomic E-state index is 0.00398. The number of hydrogen-bond acceptors (Lipinski definition) is 1. The van der Waals surface area contributed by atoms with Crippen molar-refractivity contribution in [2.75, 3.05) is 0 Å². The first kappa shape index (κ1) is 11.7. The lowest BCUT2D eigenvalue weighted by molar-refractivity contribution is 0.589. The van der Waals surface area contributed by atoms with Crippen LogP contribution in [0, 0.1) is 11.6 Å². The van der Waals surface area contributed by atoms with Crippen LogP contribution < -0.4 is 0 Å².